The molecule has 2 N–H and O–H groups in total. The lowest BCUT2D eigenvalue weighted by molar-refractivity contribution is 0.415. The minimum atomic E-state index is 0.761. The van der Waals surface area contributed by atoms with Gasteiger partial charge in [-0.2, -0.15) is 0 Å². The predicted octanol–water partition coefficient (Wildman–Crippen LogP) is 3.10. The SMILES string of the molecule is COc1ccc(-c2csc(CCCCN)n2)cc1. The second-order valence-electron chi connectivity index (χ2n) is 4.10. The standard InChI is InChI=1S/C14H18N2OS/c1-17-12-7-5-11(6-8-12)13-10-18-14(16-13)4-2-3-9-15/h5-8,10H,2-4,9,15H2,1H3. The van der Waals surface area contributed by atoms with Crippen molar-refractivity contribution >= 4 is 11.3 Å². The Morgan fingerprint density at radius 3 is 2.67 bits per heavy atom. The third kappa shape index (κ3) is 3.31. The first-order chi connectivity index (χ1) is 8.83. The number of ether oxygens (including phenoxy) is 1. The average Bonchev–Trinajstić information content (AvgIpc) is 2.88. The molecule has 0 aliphatic heterocycles. The largest absolute Gasteiger partial charge is 0.497 e. The van der Waals surface area contributed by atoms with E-state index >= 15 is 0 Å². The van der Waals surface area contributed by atoms with E-state index in [9.17, 15) is 0 Å². The Bertz CT molecular complexity index is 479. The Morgan fingerprint density at radius 1 is 1.22 bits per heavy atom. The molecule has 1 aromatic heterocycles. The highest BCUT2D eigenvalue weighted by Gasteiger charge is 2.04. The van der Waals surface area contributed by atoms with Crippen molar-refractivity contribution in [3.63, 3.8) is 0 Å². The van der Waals surface area contributed by atoms with Crippen LogP contribution in [-0.2, 0) is 6.42 Å². The summed E-state index contributed by atoms with van der Waals surface area (Å²) in [5, 5.41) is 3.30. The van der Waals surface area contributed by atoms with Crippen LogP contribution in [-0.4, -0.2) is 18.6 Å². The van der Waals surface area contributed by atoms with Gasteiger partial charge in [-0.15, -0.1) is 11.3 Å². The molecule has 0 radical (unpaired) electrons. The van der Waals surface area contributed by atoms with Crippen molar-refractivity contribution < 1.29 is 4.74 Å². The van der Waals surface area contributed by atoms with E-state index in [1.807, 2.05) is 24.3 Å². The molecule has 1 heterocycles. The minimum absolute atomic E-state index is 0.761. The highest BCUT2D eigenvalue weighted by molar-refractivity contribution is 7.09. The number of nitrogens with two attached hydrogens (primary N) is 1. The van der Waals surface area contributed by atoms with E-state index in [0.717, 1.165) is 42.8 Å². The fraction of sp³-hybridized carbons (Fsp3) is 0.357. The topological polar surface area (TPSA) is 48.1 Å². The molecule has 0 aliphatic carbocycles. The zero-order valence-electron chi connectivity index (χ0n) is 10.6. The second kappa shape index (κ2) is 6.52. The van der Waals surface area contributed by atoms with Crippen LogP contribution in [0.3, 0.4) is 0 Å². The highest BCUT2D eigenvalue weighted by atomic mass is 32.1. The van der Waals surface area contributed by atoms with Gasteiger partial charge in [0.05, 0.1) is 17.8 Å². The summed E-state index contributed by atoms with van der Waals surface area (Å²) in [4.78, 5) is 4.64. The fourth-order valence-corrected chi connectivity index (χ4v) is 2.59. The molecular formula is C14H18N2OS. The van der Waals surface area contributed by atoms with Gasteiger partial charge in [-0.25, -0.2) is 4.98 Å². The summed E-state index contributed by atoms with van der Waals surface area (Å²) >= 11 is 1.72. The van der Waals surface area contributed by atoms with Gasteiger partial charge < -0.3 is 10.5 Å². The van der Waals surface area contributed by atoms with Crippen LogP contribution in [0.4, 0.5) is 0 Å². The number of methoxy groups -OCH3 is 1. The summed E-state index contributed by atoms with van der Waals surface area (Å²) in [6.07, 6.45) is 3.21. The maximum Gasteiger partial charge on any atom is 0.118 e. The van der Waals surface area contributed by atoms with E-state index in [4.69, 9.17) is 10.5 Å². The molecule has 0 fully saturated rings. The predicted molar refractivity (Wildman–Crippen MR) is 76.1 cm³/mol. The molecule has 0 bridgehead atoms. The molecule has 0 unspecified atom stereocenters. The summed E-state index contributed by atoms with van der Waals surface area (Å²) in [5.74, 6) is 0.872. The van der Waals surface area contributed by atoms with Crippen molar-refractivity contribution in [2.24, 2.45) is 5.73 Å². The summed E-state index contributed by atoms with van der Waals surface area (Å²) < 4.78 is 5.15. The van der Waals surface area contributed by atoms with E-state index in [2.05, 4.69) is 10.4 Å². The first-order valence-electron chi connectivity index (χ1n) is 6.12. The van der Waals surface area contributed by atoms with E-state index in [-0.39, 0.29) is 0 Å². The fourth-order valence-electron chi connectivity index (χ4n) is 1.74. The van der Waals surface area contributed by atoms with E-state index in [1.165, 1.54) is 5.01 Å². The first-order valence-corrected chi connectivity index (χ1v) is 7.00. The zero-order chi connectivity index (χ0) is 12.8. The third-order valence-corrected chi connectivity index (χ3v) is 3.69. The van der Waals surface area contributed by atoms with E-state index in [1.54, 1.807) is 18.4 Å². The first kappa shape index (κ1) is 13.1. The quantitative estimate of drug-likeness (QED) is 0.814. The van der Waals surface area contributed by atoms with Gasteiger partial charge in [0.25, 0.3) is 0 Å². The van der Waals surface area contributed by atoms with Crippen molar-refractivity contribution in [2.45, 2.75) is 19.3 Å². The zero-order valence-corrected chi connectivity index (χ0v) is 11.4. The summed E-state index contributed by atoms with van der Waals surface area (Å²) in [6.45, 7) is 0.761. The van der Waals surface area contributed by atoms with E-state index in [0.29, 0.717) is 0 Å². The number of aromatic nitrogens is 1. The monoisotopic (exact) mass is 262 g/mol. The molecule has 0 saturated heterocycles. The number of rotatable bonds is 6. The molecular weight excluding hydrogens is 244 g/mol. The van der Waals surface area contributed by atoms with Crippen LogP contribution in [0, 0.1) is 0 Å². The molecule has 0 spiro atoms. The van der Waals surface area contributed by atoms with E-state index < -0.39 is 0 Å². The lowest BCUT2D eigenvalue weighted by Gasteiger charge is -2.00. The summed E-state index contributed by atoms with van der Waals surface area (Å²) in [6, 6.07) is 8.00. The van der Waals surface area contributed by atoms with Crippen molar-refractivity contribution in [2.75, 3.05) is 13.7 Å². The maximum atomic E-state index is 5.49. The third-order valence-electron chi connectivity index (χ3n) is 2.78. The van der Waals surface area contributed by atoms with Crippen molar-refractivity contribution in [1.82, 2.24) is 4.98 Å². The molecule has 96 valence electrons. The van der Waals surface area contributed by atoms with Crippen LogP contribution in [0.25, 0.3) is 11.3 Å². The number of aryl methyl sites for hydroxylation is 1. The molecule has 0 saturated carbocycles. The Labute approximate surface area is 112 Å². The van der Waals surface area contributed by atoms with Crippen LogP contribution in [0.5, 0.6) is 5.75 Å². The van der Waals surface area contributed by atoms with Gasteiger partial charge in [0.1, 0.15) is 5.75 Å². The van der Waals surface area contributed by atoms with Crippen LogP contribution in [0.1, 0.15) is 17.8 Å². The van der Waals surface area contributed by atoms with Gasteiger partial charge >= 0.3 is 0 Å². The minimum Gasteiger partial charge on any atom is -0.497 e. The van der Waals surface area contributed by atoms with Gasteiger partial charge in [-0.05, 0) is 50.1 Å². The average molecular weight is 262 g/mol. The molecule has 0 amide bonds. The molecule has 2 aromatic rings. The Hall–Kier alpha value is -1.39. The van der Waals surface area contributed by atoms with Crippen LogP contribution >= 0.6 is 11.3 Å². The summed E-state index contributed by atoms with van der Waals surface area (Å²) in [5.41, 5.74) is 7.67. The lowest BCUT2D eigenvalue weighted by Crippen LogP contribution is -1.98. The number of unbranched alkanes of at least 4 members (excludes halogenated alkanes) is 1. The van der Waals surface area contributed by atoms with Crippen molar-refractivity contribution in [3.8, 4) is 17.0 Å². The van der Waals surface area contributed by atoms with Crippen molar-refractivity contribution in [3.05, 3.63) is 34.7 Å². The molecule has 0 atom stereocenters. The summed E-state index contributed by atoms with van der Waals surface area (Å²) in [7, 11) is 1.67. The van der Waals surface area contributed by atoms with Crippen LogP contribution in [0.2, 0.25) is 0 Å². The van der Waals surface area contributed by atoms with Gasteiger partial charge in [0.2, 0.25) is 0 Å². The smallest absolute Gasteiger partial charge is 0.118 e. The van der Waals surface area contributed by atoms with Gasteiger partial charge in [-0.1, -0.05) is 0 Å². The Kier molecular flexibility index (Phi) is 4.73. The van der Waals surface area contributed by atoms with Gasteiger partial charge in [0, 0.05) is 10.9 Å². The maximum absolute atomic E-state index is 5.49. The van der Waals surface area contributed by atoms with Gasteiger partial charge in [-0.3, -0.25) is 0 Å². The second-order valence-corrected chi connectivity index (χ2v) is 5.04. The number of hydrogen-bond donors (Lipinski definition) is 1. The molecule has 0 aliphatic rings. The number of benzene rings is 1. The number of hydrogen-bond acceptors (Lipinski definition) is 4. The molecule has 3 nitrogen and oxygen atoms in total. The van der Waals surface area contributed by atoms with Gasteiger partial charge in [0.15, 0.2) is 0 Å². The van der Waals surface area contributed by atoms with Crippen molar-refractivity contribution in [1.29, 1.82) is 0 Å². The number of thiazole rings is 1. The molecule has 1 aromatic carbocycles. The normalized spacial score (nSPS) is 10.6. The highest BCUT2D eigenvalue weighted by Crippen LogP contribution is 2.24. The Balaban J connectivity index is 2.04. The van der Waals surface area contributed by atoms with Crippen LogP contribution < -0.4 is 10.5 Å². The Morgan fingerprint density at radius 2 is 2.00 bits per heavy atom. The number of nitrogens with zero attached hydrogens (tertiary/aromatic N) is 1. The lowest BCUT2D eigenvalue weighted by atomic mass is 10.2. The molecule has 4 heteroatoms. The molecule has 18 heavy (non-hydrogen) atoms. The van der Waals surface area contributed by atoms with Crippen LogP contribution in [0.15, 0.2) is 29.6 Å². The molecule has 2 rings (SSSR count).